The molecule has 1 heterocycles. The molecule has 0 radical (unpaired) electrons. The van der Waals surface area contributed by atoms with E-state index in [1.165, 1.54) is 0 Å². The number of carbonyl (C=O) groups excluding carboxylic acids is 3. The fourth-order valence-corrected chi connectivity index (χ4v) is 3.35. The molecule has 9 nitrogen and oxygen atoms in total. The fraction of sp³-hybridized carbons (Fsp3) is 0.0800. The predicted octanol–water partition coefficient (Wildman–Crippen LogP) is 1.51. The van der Waals surface area contributed by atoms with Crippen molar-refractivity contribution < 1.29 is 14.4 Å². The van der Waals surface area contributed by atoms with Gasteiger partial charge in [0.25, 0.3) is 17.4 Å². The molecular formula is C25H21N5O4. The van der Waals surface area contributed by atoms with Gasteiger partial charge >= 0.3 is 0 Å². The van der Waals surface area contributed by atoms with E-state index >= 15 is 0 Å². The SMILES string of the molecule is O=C(Cc1ccccc1)NCC(=O)NNC(=O)c1nn(-c2ccccc2)c(=O)c2ccccc12. The van der Waals surface area contributed by atoms with Gasteiger partial charge in [0, 0.05) is 5.39 Å². The number of amides is 3. The van der Waals surface area contributed by atoms with Gasteiger partial charge in [-0.15, -0.1) is 0 Å². The molecule has 0 bridgehead atoms. The van der Waals surface area contributed by atoms with Crippen molar-refractivity contribution in [3.63, 3.8) is 0 Å². The number of carbonyl (C=O) groups is 3. The highest BCUT2D eigenvalue weighted by molar-refractivity contribution is 6.05. The van der Waals surface area contributed by atoms with Gasteiger partial charge in [-0.3, -0.25) is 30.0 Å². The van der Waals surface area contributed by atoms with Crippen molar-refractivity contribution in [1.29, 1.82) is 0 Å². The van der Waals surface area contributed by atoms with Crippen molar-refractivity contribution >= 4 is 28.5 Å². The number of benzene rings is 3. The second-order valence-electron chi connectivity index (χ2n) is 7.39. The monoisotopic (exact) mass is 455 g/mol. The van der Waals surface area contributed by atoms with Crippen molar-refractivity contribution in [2.75, 3.05) is 6.54 Å². The first-order chi connectivity index (χ1) is 16.5. The third-order valence-electron chi connectivity index (χ3n) is 4.99. The Hall–Kier alpha value is -4.79. The lowest BCUT2D eigenvalue weighted by atomic mass is 10.1. The van der Waals surface area contributed by atoms with E-state index in [-0.39, 0.29) is 30.1 Å². The molecule has 0 saturated heterocycles. The Kier molecular flexibility index (Phi) is 6.73. The second-order valence-corrected chi connectivity index (χ2v) is 7.39. The van der Waals surface area contributed by atoms with E-state index in [0.717, 1.165) is 10.2 Å². The van der Waals surface area contributed by atoms with Crippen LogP contribution in [0.5, 0.6) is 0 Å². The molecule has 4 aromatic rings. The molecule has 0 saturated carbocycles. The van der Waals surface area contributed by atoms with Crippen LogP contribution in [-0.2, 0) is 16.0 Å². The van der Waals surface area contributed by atoms with E-state index in [0.29, 0.717) is 16.5 Å². The maximum Gasteiger partial charge on any atom is 0.290 e. The fourth-order valence-electron chi connectivity index (χ4n) is 3.35. The van der Waals surface area contributed by atoms with Crippen LogP contribution in [0, 0.1) is 0 Å². The average molecular weight is 455 g/mol. The molecule has 9 heteroatoms. The number of hydrazine groups is 1. The standard InChI is InChI=1S/C25H21N5O4/c31-21(15-17-9-3-1-4-10-17)26-16-22(32)27-28-24(33)23-19-13-7-8-14-20(19)25(34)30(29-23)18-11-5-2-6-12-18/h1-14H,15-16H2,(H,26,31)(H,27,32)(H,28,33). The molecule has 0 aliphatic heterocycles. The number of fused-ring (bicyclic) bond motifs is 1. The molecule has 0 unspecified atom stereocenters. The lowest BCUT2D eigenvalue weighted by Crippen LogP contribution is -2.47. The molecule has 3 amide bonds. The van der Waals surface area contributed by atoms with Crippen LogP contribution in [0.2, 0.25) is 0 Å². The van der Waals surface area contributed by atoms with Crippen molar-refractivity contribution in [3.05, 3.63) is 107 Å². The van der Waals surface area contributed by atoms with E-state index in [9.17, 15) is 19.2 Å². The van der Waals surface area contributed by atoms with Crippen LogP contribution in [0.4, 0.5) is 0 Å². The number of rotatable bonds is 6. The molecule has 34 heavy (non-hydrogen) atoms. The first kappa shape index (κ1) is 22.4. The molecule has 0 spiro atoms. The smallest absolute Gasteiger partial charge is 0.290 e. The van der Waals surface area contributed by atoms with E-state index in [1.54, 1.807) is 54.6 Å². The van der Waals surface area contributed by atoms with Crippen LogP contribution in [0.1, 0.15) is 16.1 Å². The third kappa shape index (κ3) is 5.16. The summed E-state index contributed by atoms with van der Waals surface area (Å²) < 4.78 is 1.14. The Balaban J connectivity index is 1.44. The van der Waals surface area contributed by atoms with Crippen molar-refractivity contribution in [1.82, 2.24) is 25.9 Å². The second kappa shape index (κ2) is 10.2. The average Bonchev–Trinajstić information content (AvgIpc) is 2.87. The lowest BCUT2D eigenvalue weighted by molar-refractivity contribution is -0.126. The zero-order valence-electron chi connectivity index (χ0n) is 18.0. The summed E-state index contributed by atoms with van der Waals surface area (Å²) in [5, 5.41) is 7.40. The first-order valence-corrected chi connectivity index (χ1v) is 10.5. The number of nitrogens with one attached hydrogen (secondary N) is 3. The summed E-state index contributed by atoms with van der Waals surface area (Å²) >= 11 is 0. The highest BCUT2D eigenvalue weighted by Gasteiger charge is 2.18. The van der Waals surface area contributed by atoms with E-state index < -0.39 is 11.8 Å². The molecule has 1 aromatic heterocycles. The Morgan fingerprint density at radius 1 is 0.735 bits per heavy atom. The van der Waals surface area contributed by atoms with Gasteiger partial charge < -0.3 is 5.32 Å². The van der Waals surface area contributed by atoms with Gasteiger partial charge in [0.1, 0.15) is 0 Å². The number of para-hydroxylation sites is 1. The zero-order valence-corrected chi connectivity index (χ0v) is 18.0. The van der Waals surface area contributed by atoms with Crippen LogP contribution in [-0.4, -0.2) is 34.0 Å². The van der Waals surface area contributed by atoms with Crippen LogP contribution in [0.3, 0.4) is 0 Å². The molecule has 0 aliphatic carbocycles. The summed E-state index contributed by atoms with van der Waals surface area (Å²) in [4.78, 5) is 49.9. The summed E-state index contributed by atoms with van der Waals surface area (Å²) in [6.07, 6.45) is 0.136. The summed E-state index contributed by atoms with van der Waals surface area (Å²) in [5.74, 6) is -1.64. The topological polar surface area (TPSA) is 122 Å². The van der Waals surface area contributed by atoms with E-state index in [1.807, 2.05) is 30.3 Å². The molecule has 3 N–H and O–H groups in total. The Morgan fingerprint density at radius 2 is 1.35 bits per heavy atom. The minimum atomic E-state index is -0.704. The first-order valence-electron chi connectivity index (χ1n) is 10.5. The Bertz CT molecular complexity index is 1400. The van der Waals surface area contributed by atoms with E-state index in [4.69, 9.17) is 0 Å². The quantitative estimate of drug-likeness (QED) is 0.381. The van der Waals surface area contributed by atoms with Gasteiger partial charge in [-0.2, -0.15) is 9.78 Å². The van der Waals surface area contributed by atoms with Gasteiger partial charge in [0.05, 0.1) is 24.0 Å². The van der Waals surface area contributed by atoms with Crippen LogP contribution < -0.4 is 21.7 Å². The van der Waals surface area contributed by atoms with Gasteiger partial charge in [0.15, 0.2) is 5.69 Å². The van der Waals surface area contributed by atoms with Gasteiger partial charge in [-0.05, 0) is 23.8 Å². The predicted molar refractivity (Wildman–Crippen MR) is 126 cm³/mol. The molecule has 4 rings (SSSR count). The van der Waals surface area contributed by atoms with Crippen LogP contribution in [0.15, 0.2) is 89.7 Å². The molecular weight excluding hydrogens is 434 g/mol. The van der Waals surface area contributed by atoms with Gasteiger partial charge in [0.2, 0.25) is 5.91 Å². The molecule has 0 aliphatic rings. The van der Waals surface area contributed by atoms with Crippen molar-refractivity contribution in [2.45, 2.75) is 6.42 Å². The number of hydrogen-bond donors (Lipinski definition) is 3. The maximum atomic E-state index is 12.9. The van der Waals surface area contributed by atoms with E-state index in [2.05, 4.69) is 21.3 Å². The van der Waals surface area contributed by atoms with Crippen LogP contribution >= 0.6 is 0 Å². The molecule has 3 aromatic carbocycles. The Labute approximate surface area is 194 Å². The van der Waals surface area contributed by atoms with Gasteiger partial charge in [-0.25, -0.2) is 0 Å². The Morgan fingerprint density at radius 3 is 2.06 bits per heavy atom. The largest absolute Gasteiger partial charge is 0.347 e. The summed E-state index contributed by atoms with van der Waals surface area (Å²) in [5.41, 5.74) is 5.46. The third-order valence-corrected chi connectivity index (χ3v) is 4.99. The van der Waals surface area contributed by atoms with Crippen molar-refractivity contribution in [2.24, 2.45) is 0 Å². The number of aromatic nitrogens is 2. The number of nitrogens with zero attached hydrogens (tertiary/aromatic N) is 2. The summed E-state index contributed by atoms with van der Waals surface area (Å²) in [6.45, 7) is -0.316. The summed E-state index contributed by atoms with van der Waals surface area (Å²) in [6, 6.07) is 24.4. The van der Waals surface area contributed by atoms with Crippen LogP contribution in [0.25, 0.3) is 16.5 Å². The normalized spacial score (nSPS) is 10.5. The molecule has 170 valence electrons. The van der Waals surface area contributed by atoms with Gasteiger partial charge in [-0.1, -0.05) is 66.7 Å². The molecule has 0 atom stereocenters. The lowest BCUT2D eigenvalue weighted by Gasteiger charge is -2.12. The zero-order chi connectivity index (χ0) is 23.9. The minimum absolute atomic E-state index is 0.0348. The maximum absolute atomic E-state index is 12.9. The number of hydrogen-bond acceptors (Lipinski definition) is 5. The molecule has 0 fully saturated rings. The highest BCUT2D eigenvalue weighted by Crippen LogP contribution is 2.15. The summed E-state index contributed by atoms with van der Waals surface area (Å²) in [7, 11) is 0. The minimum Gasteiger partial charge on any atom is -0.347 e. The highest BCUT2D eigenvalue weighted by atomic mass is 16.2. The van der Waals surface area contributed by atoms with Crippen molar-refractivity contribution in [3.8, 4) is 5.69 Å².